The summed E-state index contributed by atoms with van der Waals surface area (Å²) >= 11 is 0. The van der Waals surface area contributed by atoms with Gasteiger partial charge in [-0.05, 0) is 12.1 Å². The summed E-state index contributed by atoms with van der Waals surface area (Å²) in [5.74, 6) is -3.05. The summed E-state index contributed by atoms with van der Waals surface area (Å²) in [6.45, 7) is 0. The molecule has 1 heterocycles. The number of aromatic nitrogens is 1. The highest BCUT2D eigenvalue weighted by atomic mass is 19.4. The van der Waals surface area contributed by atoms with Gasteiger partial charge in [0.25, 0.3) is 5.91 Å². The molecule has 0 saturated heterocycles. The molecule has 0 spiro atoms. The van der Waals surface area contributed by atoms with Crippen LogP contribution in [0.4, 0.5) is 18.9 Å². The lowest BCUT2D eigenvalue weighted by atomic mass is 10.1. The van der Waals surface area contributed by atoms with Crippen LogP contribution in [0.2, 0.25) is 0 Å². The van der Waals surface area contributed by atoms with Crippen LogP contribution in [0.1, 0.15) is 26.6 Å². The van der Waals surface area contributed by atoms with Gasteiger partial charge in [-0.15, -0.1) is 0 Å². The van der Waals surface area contributed by atoms with Crippen LogP contribution in [0.5, 0.6) is 0 Å². The molecule has 2 aromatic rings. The van der Waals surface area contributed by atoms with E-state index in [0.717, 1.165) is 18.2 Å². The Morgan fingerprint density at radius 3 is 2.48 bits per heavy atom. The van der Waals surface area contributed by atoms with Crippen LogP contribution in [-0.2, 0) is 6.18 Å². The zero-order chi connectivity index (χ0) is 15.6. The molecule has 2 rings (SSSR count). The second kappa shape index (κ2) is 5.27. The number of anilines is 1. The fourth-order valence-corrected chi connectivity index (χ4v) is 1.51. The molecule has 2 N–H and O–H groups in total. The second-order valence-corrected chi connectivity index (χ2v) is 3.88. The molecule has 0 aliphatic heterocycles. The van der Waals surface area contributed by atoms with E-state index in [4.69, 9.17) is 5.11 Å². The molecule has 1 aromatic heterocycles. The van der Waals surface area contributed by atoms with Gasteiger partial charge in [-0.3, -0.25) is 4.79 Å². The van der Waals surface area contributed by atoms with E-state index >= 15 is 0 Å². The fourth-order valence-electron chi connectivity index (χ4n) is 1.51. The number of carbonyl (C=O) groups is 2. The van der Waals surface area contributed by atoms with Crippen LogP contribution in [0.15, 0.2) is 34.9 Å². The van der Waals surface area contributed by atoms with Crippen LogP contribution < -0.4 is 5.32 Å². The maximum atomic E-state index is 12.7. The van der Waals surface area contributed by atoms with Gasteiger partial charge in [0.2, 0.25) is 5.76 Å². The second-order valence-electron chi connectivity index (χ2n) is 3.88. The van der Waals surface area contributed by atoms with Crippen molar-refractivity contribution in [3.8, 4) is 0 Å². The number of carboxylic acid groups (broad SMARTS) is 1. The summed E-state index contributed by atoms with van der Waals surface area (Å²) in [6, 6.07) is 5.18. The number of amides is 1. The maximum absolute atomic E-state index is 12.7. The maximum Gasteiger partial charge on any atom is 0.418 e. The number of para-hydroxylation sites is 1. The number of alkyl halides is 3. The van der Waals surface area contributed by atoms with Gasteiger partial charge in [0.15, 0.2) is 5.69 Å². The van der Waals surface area contributed by atoms with Crippen LogP contribution in [0.25, 0.3) is 0 Å². The predicted octanol–water partition coefficient (Wildman–Crippen LogP) is 2.64. The molecule has 1 aromatic carbocycles. The van der Waals surface area contributed by atoms with Crippen LogP contribution in [0, 0.1) is 0 Å². The average molecular weight is 300 g/mol. The first-order chi connectivity index (χ1) is 9.79. The monoisotopic (exact) mass is 300 g/mol. The van der Waals surface area contributed by atoms with E-state index in [1.54, 1.807) is 0 Å². The van der Waals surface area contributed by atoms with Gasteiger partial charge in [-0.2, -0.15) is 13.2 Å². The first-order valence-corrected chi connectivity index (χ1v) is 5.46. The van der Waals surface area contributed by atoms with Gasteiger partial charge >= 0.3 is 12.1 Å². The summed E-state index contributed by atoms with van der Waals surface area (Å²) < 4.78 is 42.6. The molecule has 0 unspecified atom stereocenters. The van der Waals surface area contributed by atoms with E-state index in [0.29, 0.717) is 0 Å². The molecule has 0 atom stereocenters. The summed E-state index contributed by atoms with van der Waals surface area (Å²) in [5.41, 5.74) is -1.93. The highest BCUT2D eigenvalue weighted by Crippen LogP contribution is 2.34. The Labute approximate surface area is 115 Å². The molecule has 1 amide bonds. The SMILES string of the molecule is O=C(Nc1ccccc1C(F)(F)F)c1cc(C(=O)O)on1. The van der Waals surface area contributed by atoms with E-state index in [-0.39, 0.29) is 0 Å². The van der Waals surface area contributed by atoms with Crippen molar-refractivity contribution >= 4 is 17.6 Å². The Morgan fingerprint density at radius 1 is 1.24 bits per heavy atom. The number of nitrogens with zero attached hydrogens (tertiary/aromatic N) is 1. The third-order valence-electron chi connectivity index (χ3n) is 2.43. The van der Waals surface area contributed by atoms with Gasteiger partial charge in [-0.25, -0.2) is 4.79 Å². The normalized spacial score (nSPS) is 11.2. The van der Waals surface area contributed by atoms with Gasteiger partial charge in [-0.1, -0.05) is 17.3 Å². The van der Waals surface area contributed by atoms with E-state index < -0.39 is 40.8 Å². The standard InChI is InChI=1S/C12H7F3N2O4/c13-12(14,15)6-3-1-2-4-7(6)16-10(18)8-5-9(11(19)20)21-17-8/h1-5H,(H,16,18)(H,19,20). The largest absolute Gasteiger partial charge is 0.475 e. The van der Waals surface area contributed by atoms with E-state index in [9.17, 15) is 22.8 Å². The Balaban J connectivity index is 2.25. The van der Waals surface area contributed by atoms with Crippen molar-refractivity contribution in [1.82, 2.24) is 5.16 Å². The first-order valence-electron chi connectivity index (χ1n) is 5.46. The minimum atomic E-state index is -4.64. The number of benzene rings is 1. The molecule has 6 nitrogen and oxygen atoms in total. The summed E-state index contributed by atoms with van der Waals surface area (Å²) in [4.78, 5) is 22.3. The summed E-state index contributed by atoms with van der Waals surface area (Å²) in [5, 5.41) is 13.8. The third-order valence-corrected chi connectivity index (χ3v) is 2.43. The molecule has 0 aliphatic rings. The van der Waals surface area contributed by atoms with Gasteiger partial charge in [0.05, 0.1) is 11.3 Å². The zero-order valence-electron chi connectivity index (χ0n) is 10.1. The van der Waals surface area contributed by atoms with Crippen LogP contribution in [0.3, 0.4) is 0 Å². The molecular weight excluding hydrogens is 293 g/mol. The molecule has 9 heteroatoms. The number of halogens is 3. The fraction of sp³-hybridized carbons (Fsp3) is 0.0833. The van der Waals surface area contributed by atoms with Crippen molar-refractivity contribution in [2.75, 3.05) is 5.32 Å². The number of hydrogen-bond acceptors (Lipinski definition) is 4. The van der Waals surface area contributed by atoms with Gasteiger partial charge in [0.1, 0.15) is 0 Å². The third kappa shape index (κ3) is 3.19. The van der Waals surface area contributed by atoms with Crippen molar-refractivity contribution in [2.24, 2.45) is 0 Å². The van der Waals surface area contributed by atoms with Crippen molar-refractivity contribution < 1.29 is 32.4 Å². The van der Waals surface area contributed by atoms with Crippen molar-refractivity contribution in [3.05, 3.63) is 47.3 Å². The van der Waals surface area contributed by atoms with E-state index in [1.807, 2.05) is 5.32 Å². The smallest absolute Gasteiger partial charge is 0.418 e. The number of carboxylic acids is 1. The van der Waals surface area contributed by atoms with Gasteiger partial charge < -0.3 is 14.9 Å². The number of aromatic carboxylic acids is 1. The molecule has 0 bridgehead atoms. The summed E-state index contributed by atoms with van der Waals surface area (Å²) in [7, 11) is 0. The lowest BCUT2D eigenvalue weighted by molar-refractivity contribution is -0.136. The van der Waals surface area contributed by atoms with Crippen LogP contribution in [-0.4, -0.2) is 22.1 Å². The minimum absolute atomic E-state index is 0.440. The predicted molar refractivity (Wildman–Crippen MR) is 62.9 cm³/mol. The van der Waals surface area contributed by atoms with Crippen LogP contribution >= 0.6 is 0 Å². The highest BCUT2D eigenvalue weighted by Gasteiger charge is 2.33. The van der Waals surface area contributed by atoms with Crippen molar-refractivity contribution in [2.45, 2.75) is 6.18 Å². The van der Waals surface area contributed by atoms with E-state index in [2.05, 4.69) is 9.68 Å². The molecule has 0 aliphatic carbocycles. The Bertz CT molecular complexity index is 694. The lowest BCUT2D eigenvalue weighted by Gasteiger charge is -2.12. The van der Waals surface area contributed by atoms with E-state index in [1.165, 1.54) is 12.1 Å². The van der Waals surface area contributed by atoms with Crippen molar-refractivity contribution in [3.63, 3.8) is 0 Å². The first kappa shape index (κ1) is 14.6. The number of nitrogens with one attached hydrogen (secondary N) is 1. The molecule has 21 heavy (non-hydrogen) atoms. The molecule has 0 saturated carbocycles. The topological polar surface area (TPSA) is 92.4 Å². The molecule has 0 fully saturated rings. The minimum Gasteiger partial charge on any atom is -0.475 e. The van der Waals surface area contributed by atoms with Gasteiger partial charge in [0, 0.05) is 6.07 Å². The Morgan fingerprint density at radius 2 is 1.90 bits per heavy atom. The lowest BCUT2D eigenvalue weighted by Crippen LogP contribution is -2.16. The number of carbonyl (C=O) groups excluding carboxylic acids is 1. The number of hydrogen-bond donors (Lipinski definition) is 2. The molecular formula is C12H7F3N2O4. The highest BCUT2D eigenvalue weighted by molar-refractivity contribution is 6.04. The summed E-state index contributed by atoms with van der Waals surface area (Å²) in [6.07, 6.45) is -4.64. The molecule has 0 radical (unpaired) electrons. The zero-order valence-corrected chi connectivity index (χ0v) is 10.1. The number of rotatable bonds is 3. The average Bonchev–Trinajstić information content (AvgIpc) is 2.88. The van der Waals surface area contributed by atoms with Crippen molar-refractivity contribution in [1.29, 1.82) is 0 Å². The Hall–Kier alpha value is -2.84. The molecule has 110 valence electrons. The Kier molecular flexibility index (Phi) is 3.66. The quantitative estimate of drug-likeness (QED) is 0.909.